The number of hydrogen-bond donors (Lipinski definition) is 1. The van der Waals surface area contributed by atoms with Crippen molar-refractivity contribution in [2.24, 2.45) is 0 Å². The Balaban J connectivity index is 2.74. The number of ether oxygens (including phenoxy) is 2. The molecule has 0 aromatic carbocycles. The number of methoxy groups -OCH3 is 1. The Morgan fingerprint density at radius 3 is 2.79 bits per heavy atom. The predicted octanol–water partition coefficient (Wildman–Crippen LogP) is 2.38. The average Bonchev–Trinajstić information content (AvgIpc) is 2.82. The van der Waals surface area contributed by atoms with Gasteiger partial charge in [-0.05, 0) is 33.2 Å². The molecule has 1 unspecified atom stereocenters. The van der Waals surface area contributed by atoms with Crippen LogP contribution in [0.5, 0.6) is 5.75 Å². The smallest absolute Gasteiger partial charge is 0.161 e. The lowest BCUT2D eigenvalue weighted by Crippen LogP contribution is -2.21. The van der Waals surface area contributed by atoms with Crippen LogP contribution in [0.3, 0.4) is 0 Å². The molecule has 1 rings (SSSR count). The van der Waals surface area contributed by atoms with Gasteiger partial charge in [-0.2, -0.15) is 5.10 Å². The van der Waals surface area contributed by atoms with E-state index >= 15 is 0 Å². The van der Waals surface area contributed by atoms with E-state index in [2.05, 4.69) is 17.3 Å². The monoisotopic (exact) mass is 269 g/mol. The van der Waals surface area contributed by atoms with Gasteiger partial charge in [0.25, 0.3) is 0 Å². The summed E-state index contributed by atoms with van der Waals surface area (Å²) in [6.07, 6.45) is 4.91. The molecule has 0 fully saturated rings. The largest absolute Gasteiger partial charge is 0.493 e. The SMILES string of the molecule is CCCn1ncc(OC)c1C(CCCOCC)NC. The highest BCUT2D eigenvalue weighted by atomic mass is 16.5. The molecule has 1 heterocycles. The fourth-order valence-electron chi connectivity index (χ4n) is 2.23. The molecule has 0 radical (unpaired) electrons. The van der Waals surface area contributed by atoms with Crippen LogP contribution in [-0.2, 0) is 11.3 Å². The summed E-state index contributed by atoms with van der Waals surface area (Å²) in [5.41, 5.74) is 1.14. The fourth-order valence-corrected chi connectivity index (χ4v) is 2.23. The van der Waals surface area contributed by atoms with E-state index in [4.69, 9.17) is 9.47 Å². The van der Waals surface area contributed by atoms with Crippen molar-refractivity contribution in [2.45, 2.75) is 45.7 Å². The topological polar surface area (TPSA) is 48.3 Å². The molecule has 0 bridgehead atoms. The summed E-state index contributed by atoms with van der Waals surface area (Å²) >= 11 is 0. The molecule has 0 saturated carbocycles. The van der Waals surface area contributed by atoms with Gasteiger partial charge >= 0.3 is 0 Å². The van der Waals surface area contributed by atoms with Gasteiger partial charge in [-0.15, -0.1) is 0 Å². The number of aromatic nitrogens is 2. The minimum Gasteiger partial charge on any atom is -0.493 e. The molecule has 0 aliphatic rings. The summed E-state index contributed by atoms with van der Waals surface area (Å²) < 4.78 is 12.9. The molecule has 5 nitrogen and oxygen atoms in total. The van der Waals surface area contributed by atoms with E-state index in [1.807, 2.05) is 18.7 Å². The average molecular weight is 269 g/mol. The molecule has 0 aliphatic carbocycles. The highest BCUT2D eigenvalue weighted by molar-refractivity contribution is 5.28. The van der Waals surface area contributed by atoms with Crippen molar-refractivity contribution in [2.75, 3.05) is 27.4 Å². The molecule has 1 aromatic heterocycles. The second-order valence-electron chi connectivity index (χ2n) is 4.50. The molecule has 19 heavy (non-hydrogen) atoms. The van der Waals surface area contributed by atoms with Crippen molar-refractivity contribution < 1.29 is 9.47 Å². The molecule has 0 aliphatic heterocycles. The normalized spacial score (nSPS) is 12.6. The Morgan fingerprint density at radius 1 is 1.42 bits per heavy atom. The third kappa shape index (κ3) is 4.51. The van der Waals surface area contributed by atoms with Gasteiger partial charge in [0, 0.05) is 19.8 Å². The zero-order chi connectivity index (χ0) is 14.1. The lowest BCUT2D eigenvalue weighted by atomic mass is 10.1. The van der Waals surface area contributed by atoms with E-state index in [0.29, 0.717) is 0 Å². The fraction of sp³-hybridized carbons (Fsp3) is 0.786. The number of nitrogens with one attached hydrogen (secondary N) is 1. The van der Waals surface area contributed by atoms with Gasteiger partial charge in [-0.3, -0.25) is 4.68 Å². The van der Waals surface area contributed by atoms with Crippen LogP contribution in [-0.4, -0.2) is 37.2 Å². The summed E-state index contributed by atoms with van der Waals surface area (Å²) in [5.74, 6) is 0.865. The molecule has 1 N–H and O–H groups in total. The van der Waals surface area contributed by atoms with Crippen molar-refractivity contribution in [3.8, 4) is 5.75 Å². The van der Waals surface area contributed by atoms with Gasteiger partial charge in [0.05, 0.1) is 25.0 Å². The number of nitrogens with zero attached hydrogens (tertiary/aromatic N) is 2. The van der Waals surface area contributed by atoms with E-state index < -0.39 is 0 Å². The molecule has 0 saturated heterocycles. The van der Waals surface area contributed by atoms with Crippen molar-refractivity contribution >= 4 is 0 Å². The van der Waals surface area contributed by atoms with Gasteiger partial charge in [-0.1, -0.05) is 6.92 Å². The molecule has 1 aromatic rings. The highest BCUT2D eigenvalue weighted by Crippen LogP contribution is 2.28. The number of rotatable bonds is 10. The number of aryl methyl sites for hydroxylation is 1. The van der Waals surface area contributed by atoms with Gasteiger partial charge in [-0.25, -0.2) is 0 Å². The molecule has 0 amide bonds. The number of hydrogen-bond acceptors (Lipinski definition) is 4. The van der Waals surface area contributed by atoms with E-state index in [-0.39, 0.29) is 6.04 Å². The maximum Gasteiger partial charge on any atom is 0.161 e. The minimum absolute atomic E-state index is 0.254. The first-order valence-electron chi connectivity index (χ1n) is 7.13. The standard InChI is InChI=1S/C14H27N3O2/c1-5-9-17-14(13(18-4)11-16-17)12(15-3)8-7-10-19-6-2/h11-12,15H,5-10H2,1-4H3. The maximum atomic E-state index is 5.43. The summed E-state index contributed by atoms with van der Waals surface area (Å²) in [7, 11) is 3.68. The summed E-state index contributed by atoms with van der Waals surface area (Å²) in [5, 5.41) is 7.77. The molecule has 1 atom stereocenters. The first-order valence-corrected chi connectivity index (χ1v) is 7.13. The van der Waals surface area contributed by atoms with Gasteiger partial charge in [0.2, 0.25) is 0 Å². The van der Waals surface area contributed by atoms with Crippen LogP contribution in [0.4, 0.5) is 0 Å². The Hall–Kier alpha value is -1.07. The van der Waals surface area contributed by atoms with E-state index in [9.17, 15) is 0 Å². The van der Waals surface area contributed by atoms with Crippen LogP contribution in [0.25, 0.3) is 0 Å². The van der Waals surface area contributed by atoms with Crippen LogP contribution < -0.4 is 10.1 Å². The molecule has 5 heteroatoms. The second kappa shape index (κ2) is 8.93. The third-order valence-electron chi connectivity index (χ3n) is 3.16. The van der Waals surface area contributed by atoms with Crippen molar-refractivity contribution in [3.05, 3.63) is 11.9 Å². The zero-order valence-electron chi connectivity index (χ0n) is 12.6. The quantitative estimate of drug-likeness (QED) is 0.663. The van der Waals surface area contributed by atoms with Crippen molar-refractivity contribution in [3.63, 3.8) is 0 Å². The second-order valence-corrected chi connectivity index (χ2v) is 4.50. The Labute approximate surface area is 116 Å². The lowest BCUT2D eigenvalue weighted by molar-refractivity contribution is 0.140. The van der Waals surface area contributed by atoms with Crippen LogP contribution in [0.15, 0.2) is 6.20 Å². The van der Waals surface area contributed by atoms with Crippen LogP contribution >= 0.6 is 0 Å². The Bertz CT molecular complexity index is 352. The third-order valence-corrected chi connectivity index (χ3v) is 3.16. The van der Waals surface area contributed by atoms with Crippen LogP contribution in [0, 0.1) is 0 Å². The molecular formula is C14H27N3O2. The maximum absolute atomic E-state index is 5.43. The van der Waals surface area contributed by atoms with Crippen LogP contribution in [0.2, 0.25) is 0 Å². The summed E-state index contributed by atoms with van der Waals surface area (Å²) in [6, 6.07) is 0.254. The van der Waals surface area contributed by atoms with E-state index in [1.165, 1.54) is 0 Å². The van der Waals surface area contributed by atoms with E-state index in [1.54, 1.807) is 13.3 Å². The van der Waals surface area contributed by atoms with Gasteiger partial charge in [0.1, 0.15) is 0 Å². The predicted molar refractivity (Wildman–Crippen MR) is 76.6 cm³/mol. The van der Waals surface area contributed by atoms with Crippen molar-refractivity contribution in [1.82, 2.24) is 15.1 Å². The summed E-state index contributed by atoms with van der Waals surface area (Å²) in [4.78, 5) is 0. The first-order chi connectivity index (χ1) is 9.28. The van der Waals surface area contributed by atoms with Crippen molar-refractivity contribution in [1.29, 1.82) is 0 Å². The van der Waals surface area contributed by atoms with Crippen LogP contribution in [0.1, 0.15) is 44.8 Å². The van der Waals surface area contributed by atoms with E-state index in [0.717, 1.165) is 50.5 Å². The lowest BCUT2D eigenvalue weighted by Gasteiger charge is -2.19. The zero-order valence-corrected chi connectivity index (χ0v) is 12.6. The summed E-state index contributed by atoms with van der Waals surface area (Å²) in [6.45, 7) is 6.68. The minimum atomic E-state index is 0.254. The highest BCUT2D eigenvalue weighted by Gasteiger charge is 2.20. The molecule has 110 valence electrons. The molecule has 0 spiro atoms. The molecular weight excluding hydrogens is 242 g/mol. The first kappa shape index (κ1) is 16.0. The van der Waals surface area contributed by atoms with Gasteiger partial charge in [0.15, 0.2) is 5.75 Å². The Morgan fingerprint density at radius 2 is 2.21 bits per heavy atom. The Kier molecular flexibility index (Phi) is 7.52. The van der Waals surface area contributed by atoms with Gasteiger partial charge < -0.3 is 14.8 Å².